The molecule has 1 aliphatic heterocycles. The van der Waals surface area contributed by atoms with Crippen LogP contribution in [0.1, 0.15) is 53.5 Å². The Balaban J connectivity index is 1.91. The fraction of sp³-hybridized carbons (Fsp3) is 0.389. The van der Waals surface area contributed by atoms with Crippen molar-refractivity contribution in [2.24, 2.45) is 0 Å². The quantitative estimate of drug-likeness (QED) is 0.895. The van der Waals surface area contributed by atoms with Crippen molar-refractivity contribution >= 4 is 17.5 Å². The van der Waals surface area contributed by atoms with Gasteiger partial charge < -0.3 is 15.2 Å². The highest BCUT2D eigenvalue weighted by molar-refractivity contribution is 6.03. The van der Waals surface area contributed by atoms with Crippen LogP contribution in [0.5, 0.6) is 0 Å². The number of rotatable bonds is 4. The van der Waals surface area contributed by atoms with E-state index in [1.54, 1.807) is 10.6 Å². The van der Waals surface area contributed by atoms with Gasteiger partial charge in [-0.25, -0.2) is 9.37 Å². The maximum Gasteiger partial charge on any atom is 0.291 e. The van der Waals surface area contributed by atoms with Crippen molar-refractivity contribution in [1.82, 2.24) is 14.9 Å². The van der Waals surface area contributed by atoms with Gasteiger partial charge in [0.15, 0.2) is 5.82 Å². The van der Waals surface area contributed by atoms with Crippen LogP contribution in [0.25, 0.3) is 0 Å². The Morgan fingerprint density at radius 1 is 1.24 bits per heavy atom. The summed E-state index contributed by atoms with van der Waals surface area (Å²) in [5.41, 5.74) is 1.44. The molecule has 2 amide bonds. The average molecular weight is 344 g/mol. The molecule has 6 nitrogen and oxygen atoms in total. The zero-order valence-electron chi connectivity index (χ0n) is 14.3. The second-order valence-corrected chi connectivity index (χ2v) is 6.43. The Kier molecular flexibility index (Phi) is 4.83. The molecule has 0 atom stereocenters. The highest BCUT2D eigenvalue weighted by Crippen LogP contribution is 2.22. The molecule has 2 heterocycles. The average Bonchev–Trinajstić information content (AvgIpc) is 2.94. The number of benzene rings is 1. The number of aromatic nitrogens is 2. The monoisotopic (exact) mass is 344 g/mol. The largest absolute Gasteiger partial charge is 0.348 e. The summed E-state index contributed by atoms with van der Waals surface area (Å²) in [5.74, 6) is -0.962. The molecular weight excluding hydrogens is 323 g/mol. The van der Waals surface area contributed by atoms with E-state index in [0.29, 0.717) is 24.3 Å². The molecule has 0 unspecified atom stereocenters. The predicted octanol–water partition coefficient (Wildman–Crippen LogP) is 2.75. The van der Waals surface area contributed by atoms with Crippen molar-refractivity contribution in [2.45, 2.75) is 45.7 Å². The number of halogens is 1. The number of imidazole rings is 1. The van der Waals surface area contributed by atoms with Crippen LogP contribution in [0.2, 0.25) is 0 Å². The lowest BCUT2D eigenvalue weighted by atomic mass is 10.1. The third-order valence-electron chi connectivity index (χ3n) is 4.04. The lowest BCUT2D eigenvalue weighted by molar-refractivity contribution is 0.0937. The maximum absolute atomic E-state index is 13.3. The number of carbonyl (C=O) groups excluding carboxylic acids is 2. The molecule has 3 rings (SSSR count). The third kappa shape index (κ3) is 3.70. The number of hydrogen-bond acceptors (Lipinski definition) is 3. The summed E-state index contributed by atoms with van der Waals surface area (Å²) in [6.07, 6.45) is 2.59. The predicted molar refractivity (Wildman–Crippen MR) is 92.1 cm³/mol. The summed E-state index contributed by atoms with van der Waals surface area (Å²) in [7, 11) is 0. The Morgan fingerprint density at radius 3 is 2.76 bits per heavy atom. The van der Waals surface area contributed by atoms with Crippen LogP contribution < -0.4 is 10.6 Å². The van der Waals surface area contributed by atoms with Gasteiger partial charge in [0.25, 0.3) is 11.8 Å². The Labute approximate surface area is 145 Å². The number of amides is 2. The minimum atomic E-state index is -0.447. The molecule has 0 aliphatic carbocycles. The molecule has 1 aromatic carbocycles. The van der Waals surface area contributed by atoms with Gasteiger partial charge in [0.1, 0.15) is 11.5 Å². The Bertz CT molecular complexity index is 813. The highest BCUT2D eigenvalue weighted by Gasteiger charge is 2.27. The highest BCUT2D eigenvalue weighted by atomic mass is 19.1. The first kappa shape index (κ1) is 17.1. The Hall–Kier alpha value is -2.70. The molecule has 0 fully saturated rings. The van der Waals surface area contributed by atoms with Crippen LogP contribution in [0.15, 0.2) is 24.3 Å². The molecule has 2 N–H and O–H groups in total. The Morgan fingerprint density at radius 2 is 2.04 bits per heavy atom. The fourth-order valence-electron chi connectivity index (χ4n) is 2.98. The summed E-state index contributed by atoms with van der Waals surface area (Å²) in [6.45, 7) is 4.39. The van der Waals surface area contributed by atoms with Gasteiger partial charge in [-0.05, 0) is 51.3 Å². The van der Waals surface area contributed by atoms with Gasteiger partial charge >= 0.3 is 0 Å². The van der Waals surface area contributed by atoms with Crippen molar-refractivity contribution in [3.05, 3.63) is 47.3 Å². The van der Waals surface area contributed by atoms with Crippen molar-refractivity contribution in [3.8, 4) is 0 Å². The van der Waals surface area contributed by atoms with Gasteiger partial charge in [-0.15, -0.1) is 0 Å². The minimum Gasteiger partial charge on any atom is -0.348 e. The summed E-state index contributed by atoms with van der Waals surface area (Å²) in [6, 6.07) is 5.66. The van der Waals surface area contributed by atoms with E-state index in [4.69, 9.17) is 0 Å². The number of hydrogen-bond donors (Lipinski definition) is 2. The van der Waals surface area contributed by atoms with Crippen LogP contribution in [-0.4, -0.2) is 27.4 Å². The van der Waals surface area contributed by atoms with Crippen LogP contribution in [0, 0.1) is 5.82 Å². The van der Waals surface area contributed by atoms with Gasteiger partial charge in [-0.2, -0.15) is 0 Å². The van der Waals surface area contributed by atoms with E-state index in [1.807, 2.05) is 13.8 Å². The number of nitrogens with zero attached hydrogens (tertiary/aromatic N) is 2. The maximum atomic E-state index is 13.3. The van der Waals surface area contributed by atoms with E-state index in [0.717, 1.165) is 18.5 Å². The second kappa shape index (κ2) is 7.04. The molecule has 0 spiro atoms. The topological polar surface area (TPSA) is 76.0 Å². The van der Waals surface area contributed by atoms with Gasteiger partial charge in [0, 0.05) is 18.3 Å². The first-order valence-corrected chi connectivity index (χ1v) is 8.43. The van der Waals surface area contributed by atoms with E-state index < -0.39 is 11.7 Å². The summed E-state index contributed by atoms with van der Waals surface area (Å²) in [4.78, 5) is 29.3. The zero-order valence-corrected chi connectivity index (χ0v) is 14.3. The first-order chi connectivity index (χ1) is 12.0. The molecule has 1 aliphatic rings. The summed E-state index contributed by atoms with van der Waals surface area (Å²) < 4.78 is 15.1. The van der Waals surface area contributed by atoms with Gasteiger partial charge in [-0.1, -0.05) is 6.07 Å². The zero-order chi connectivity index (χ0) is 18.0. The number of nitrogens with one attached hydrogen (secondary N) is 2. The lowest BCUT2D eigenvalue weighted by Gasteiger charge is -2.17. The fourth-order valence-corrected chi connectivity index (χ4v) is 2.98. The minimum absolute atomic E-state index is 0.0157. The van der Waals surface area contributed by atoms with E-state index in [9.17, 15) is 14.0 Å². The molecule has 1 aromatic heterocycles. The van der Waals surface area contributed by atoms with Crippen LogP contribution in [0.3, 0.4) is 0 Å². The molecule has 132 valence electrons. The first-order valence-electron chi connectivity index (χ1n) is 8.43. The molecule has 0 saturated heterocycles. The molecule has 0 radical (unpaired) electrons. The molecule has 0 saturated carbocycles. The van der Waals surface area contributed by atoms with E-state index in [-0.39, 0.29) is 17.8 Å². The van der Waals surface area contributed by atoms with Crippen molar-refractivity contribution in [1.29, 1.82) is 0 Å². The number of carbonyl (C=O) groups is 2. The number of fused-ring (bicyclic) bond motifs is 1. The standard InChI is InChI=1S/C18H21FN4O2/c1-11(2)20-17(24)15-14-8-3-4-9-23(14)16(22-15)18(25)21-13-7-5-6-12(19)10-13/h5-7,10-11H,3-4,8-9H2,1-2H3,(H,20,24)(H,21,25). The van der Waals surface area contributed by atoms with E-state index in [1.165, 1.54) is 18.2 Å². The summed E-state index contributed by atoms with van der Waals surface area (Å²) >= 11 is 0. The smallest absolute Gasteiger partial charge is 0.291 e. The van der Waals surface area contributed by atoms with Gasteiger partial charge in [0.05, 0.1) is 5.69 Å². The lowest BCUT2D eigenvalue weighted by Crippen LogP contribution is -2.31. The van der Waals surface area contributed by atoms with Crippen molar-refractivity contribution < 1.29 is 14.0 Å². The molecule has 25 heavy (non-hydrogen) atoms. The van der Waals surface area contributed by atoms with Gasteiger partial charge in [0.2, 0.25) is 0 Å². The van der Waals surface area contributed by atoms with Crippen molar-refractivity contribution in [3.63, 3.8) is 0 Å². The normalized spacial score (nSPS) is 13.4. The third-order valence-corrected chi connectivity index (χ3v) is 4.04. The SMILES string of the molecule is CC(C)NC(=O)c1nc(C(=O)Nc2cccc(F)c2)n2c1CCCC2. The van der Waals surface area contributed by atoms with E-state index in [2.05, 4.69) is 15.6 Å². The van der Waals surface area contributed by atoms with Gasteiger partial charge in [-0.3, -0.25) is 9.59 Å². The molecule has 0 bridgehead atoms. The summed E-state index contributed by atoms with van der Waals surface area (Å²) in [5, 5.41) is 5.47. The molecular formula is C18H21FN4O2. The van der Waals surface area contributed by atoms with Crippen LogP contribution >= 0.6 is 0 Å². The number of anilines is 1. The van der Waals surface area contributed by atoms with Crippen LogP contribution in [-0.2, 0) is 13.0 Å². The molecule has 2 aromatic rings. The van der Waals surface area contributed by atoms with Crippen molar-refractivity contribution in [2.75, 3.05) is 5.32 Å². The van der Waals surface area contributed by atoms with Crippen LogP contribution in [0.4, 0.5) is 10.1 Å². The second-order valence-electron chi connectivity index (χ2n) is 6.43. The molecule has 7 heteroatoms. The van der Waals surface area contributed by atoms with E-state index >= 15 is 0 Å².